The Morgan fingerprint density at radius 1 is 1.19 bits per heavy atom. The van der Waals surface area contributed by atoms with Gasteiger partial charge in [-0.15, -0.1) is 0 Å². The maximum Gasteiger partial charge on any atom is 0.215 e. The lowest BCUT2D eigenvalue weighted by Gasteiger charge is -2.21. The van der Waals surface area contributed by atoms with E-state index in [0.29, 0.717) is 11.3 Å². The molecule has 1 aliphatic heterocycles. The lowest BCUT2D eigenvalue weighted by Crippen LogP contribution is -2.29. The SMILES string of the molecule is Nc1ncc(-c2cc[nH]c2)cc1C(=O)c1cccc(N2CCCNCC2)n1.[HH].[HH].[HH].[HH]. The standard InChI is InChI=1S/C20H22N6O.4H2/c21-20-16(11-15(13-24-20)14-5-7-23-12-14)19(27)17-3-1-4-18(25-17)26-9-2-6-22-8-10-26;;;;/h1,3-5,7,11-13,22-23H,2,6,8-10H2,(H2,21,24);4*1H. The second-order valence-corrected chi connectivity index (χ2v) is 6.56. The second-order valence-electron chi connectivity index (χ2n) is 6.56. The molecule has 146 valence electrons. The molecule has 3 aromatic rings. The van der Waals surface area contributed by atoms with Crippen molar-refractivity contribution in [1.29, 1.82) is 0 Å². The highest BCUT2D eigenvalue weighted by Gasteiger charge is 2.18. The van der Waals surface area contributed by atoms with Gasteiger partial charge in [0.25, 0.3) is 0 Å². The zero-order chi connectivity index (χ0) is 18.6. The number of H-pyrrole nitrogens is 1. The summed E-state index contributed by atoms with van der Waals surface area (Å²) < 4.78 is 0. The normalized spacial score (nSPS) is 14.7. The van der Waals surface area contributed by atoms with E-state index in [1.54, 1.807) is 18.3 Å². The molecule has 0 aromatic carbocycles. The summed E-state index contributed by atoms with van der Waals surface area (Å²) in [5.74, 6) is 0.815. The van der Waals surface area contributed by atoms with E-state index in [4.69, 9.17) is 5.73 Å². The molecule has 0 atom stereocenters. The number of carbonyl (C=O) groups excluding carboxylic acids is 1. The van der Waals surface area contributed by atoms with Crippen LogP contribution in [0, 0.1) is 0 Å². The van der Waals surface area contributed by atoms with Crippen LogP contribution in [0.4, 0.5) is 11.6 Å². The van der Waals surface area contributed by atoms with Gasteiger partial charge in [0.1, 0.15) is 17.3 Å². The van der Waals surface area contributed by atoms with Crippen molar-refractivity contribution >= 4 is 17.4 Å². The third kappa shape index (κ3) is 3.68. The zero-order valence-electron chi connectivity index (χ0n) is 15.0. The predicted octanol–water partition coefficient (Wildman–Crippen LogP) is 3.07. The second kappa shape index (κ2) is 7.59. The van der Waals surface area contributed by atoms with Crippen molar-refractivity contribution in [2.24, 2.45) is 0 Å². The fourth-order valence-corrected chi connectivity index (χ4v) is 3.26. The lowest BCUT2D eigenvalue weighted by molar-refractivity contribution is 0.103. The van der Waals surface area contributed by atoms with Gasteiger partial charge in [-0.3, -0.25) is 4.79 Å². The van der Waals surface area contributed by atoms with E-state index in [0.717, 1.165) is 49.5 Å². The molecule has 7 heteroatoms. The minimum absolute atomic E-state index is 0. The highest BCUT2D eigenvalue weighted by atomic mass is 16.1. The number of rotatable bonds is 4. The van der Waals surface area contributed by atoms with Gasteiger partial charge in [-0.2, -0.15) is 0 Å². The molecule has 0 saturated carbocycles. The van der Waals surface area contributed by atoms with Crippen molar-refractivity contribution in [3.63, 3.8) is 0 Å². The summed E-state index contributed by atoms with van der Waals surface area (Å²) in [5.41, 5.74) is 8.54. The molecule has 0 bridgehead atoms. The average molecular weight is 371 g/mol. The van der Waals surface area contributed by atoms with E-state index in [9.17, 15) is 4.79 Å². The number of aromatic nitrogens is 3. The number of ketones is 1. The Morgan fingerprint density at radius 3 is 2.96 bits per heavy atom. The molecule has 3 aromatic heterocycles. The van der Waals surface area contributed by atoms with Crippen molar-refractivity contribution < 1.29 is 10.5 Å². The lowest BCUT2D eigenvalue weighted by atomic mass is 10.0. The largest absolute Gasteiger partial charge is 0.383 e. The molecule has 1 aliphatic rings. The van der Waals surface area contributed by atoms with E-state index >= 15 is 0 Å². The Bertz CT molecular complexity index is 947. The molecule has 27 heavy (non-hydrogen) atoms. The van der Waals surface area contributed by atoms with Crippen LogP contribution in [-0.2, 0) is 0 Å². The Kier molecular flexibility index (Phi) is 4.84. The zero-order valence-corrected chi connectivity index (χ0v) is 15.0. The molecular formula is C20H30N6O. The number of nitrogens with two attached hydrogens (primary N) is 1. The van der Waals surface area contributed by atoms with E-state index in [1.807, 2.05) is 30.6 Å². The maximum atomic E-state index is 13.1. The predicted molar refractivity (Wildman–Crippen MR) is 114 cm³/mol. The van der Waals surface area contributed by atoms with Gasteiger partial charge >= 0.3 is 0 Å². The Hall–Kier alpha value is -3.19. The molecule has 7 nitrogen and oxygen atoms in total. The Morgan fingerprint density at radius 2 is 2.11 bits per heavy atom. The first kappa shape index (κ1) is 17.2. The van der Waals surface area contributed by atoms with Gasteiger partial charge in [0, 0.05) is 55.1 Å². The number of hydrogen-bond donors (Lipinski definition) is 3. The van der Waals surface area contributed by atoms with Crippen molar-refractivity contribution in [3.8, 4) is 11.1 Å². The quantitative estimate of drug-likeness (QED) is 0.610. The van der Waals surface area contributed by atoms with E-state index < -0.39 is 0 Å². The van der Waals surface area contributed by atoms with Gasteiger partial charge in [-0.1, -0.05) is 6.07 Å². The van der Waals surface area contributed by atoms with Gasteiger partial charge in [-0.25, -0.2) is 9.97 Å². The Balaban J connectivity index is 0.00000225. The molecular weight excluding hydrogens is 340 g/mol. The number of pyridine rings is 2. The van der Waals surface area contributed by atoms with Crippen LogP contribution >= 0.6 is 0 Å². The monoisotopic (exact) mass is 370 g/mol. The molecule has 0 radical (unpaired) electrons. The fraction of sp³-hybridized carbons (Fsp3) is 0.250. The summed E-state index contributed by atoms with van der Waals surface area (Å²) in [6, 6.07) is 9.24. The topological polar surface area (TPSA) is 99.9 Å². The van der Waals surface area contributed by atoms with Crippen LogP contribution in [0.3, 0.4) is 0 Å². The van der Waals surface area contributed by atoms with Crippen LogP contribution in [0.25, 0.3) is 11.1 Å². The average Bonchev–Trinajstić information content (AvgIpc) is 3.10. The fourth-order valence-electron chi connectivity index (χ4n) is 3.26. The number of aromatic amines is 1. The van der Waals surface area contributed by atoms with Crippen LogP contribution < -0.4 is 16.0 Å². The third-order valence-corrected chi connectivity index (χ3v) is 4.73. The smallest absolute Gasteiger partial charge is 0.215 e. The van der Waals surface area contributed by atoms with E-state index in [2.05, 4.69) is 25.2 Å². The first-order valence-electron chi connectivity index (χ1n) is 9.08. The molecule has 4 heterocycles. The van der Waals surface area contributed by atoms with Gasteiger partial charge in [-0.05, 0) is 37.2 Å². The highest BCUT2D eigenvalue weighted by Crippen LogP contribution is 2.24. The number of nitrogens with one attached hydrogen (secondary N) is 2. The maximum absolute atomic E-state index is 13.1. The van der Waals surface area contributed by atoms with Crippen molar-refractivity contribution in [2.75, 3.05) is 36.8 Å². The molecule has 4 rings (SSSR count). The van der Waals surface area contributed by atoms with Gasteiger partial charge < -0.3 is 20.9 Å². The number of carbonyl (C=O) groups is 1. The minimum atomic E-state index is -0.216. The van der Waals surface area contributed by atoms with Crippen molar-refractivity contribution in [3.05, 3.63) is 60.2 Å². The van der Waals surface area contributed by atoms with Crippen molar-refractivity contribution in [2.45, 2.75) is 6.42 Å². The molecule has 0 aliphatic carbocycles. The van der Waals surface area contributed by atoms with Crippen LogP contribution in [0.2, 0.25) is 0 Å². The van der Waals surface area contributed by atoms with Crippen LogP contribution in [-0.4, -0.2) is 46.9 Å². The summed E-state index contributed by atoms with van der Waals surface area (Å²) in [6.07, 6.45) is 6.40. The van der Waals surface area contributed by atoms with Crippen LogP contribution in [0.5, 0.6) is 0 Å². The molecule has 0 amide bonds. The summed E-state index contributed by atoms with van der Waals surface area (Å²) in [7, 11) is 0. The number of hydrogen-bond acceptors (Lipinski definition) is 6. The summed E-state index contributed by atoms with van der Waals surface area (Å²) in [4.78, 5) is 27.1. The van der Waals surface area contributed by atoms with Crippen LogP contribution in [0.1, 0.15) is 28.2 Å². The van der Waals surface area contributed by atoms with Crippen LogP contribution in [0.15, 0.2) is 48.9 Å². The first-order chi connectivity index (χ1) is 13.2. The van der Waals surface area contributed by atoms with Crippen molar-refractivity contribution in [1.82, 2.24) is 20.3 Å². The summed E-state index contributed by atoms with van der Waals surface area (Å²) in [5, 5.41) is 3.37. The number of anilines is 2. The molecule has 0 unspecified atom stereocenters. The molecule has 1 fully saturated rings. The van der Waals surface area contributed by atoms with E-state index in [1.165, 1.54) is 0 Å². The highest BCUT2D eigenvalue weighted by molar-refractivity contribution is 6.11. The van der Waals surface area contributed by atoms with E-state index in [-0.39, 0.29) is 17.3 Å². The molecule has 0 spiro atoms. The third-order valence-electron chi connectivity index (χ3n) is 4.73. The number of nitrogen functional groups attached to an aromatic ring is 1. The molecule has 1 saturated heterocycles. The Labute approximate surface area is 163 Å². The van der Waals surface area contributed by atoms with Gasteiger partial charge in [0.05, 0.1) is 5.56 Å². The van der Waals surface area contributed by atoms with Gasteiger partial charge in [0.15, 0.2) is 0 Å². The number of nitrogens with zero attached hydrogens (tertiary/aromatic N) is 3. The molecule has 4 N–H and O–H groups in total. The van der Waals surface area contributed by atoms with Gasteiger partial charge in [0.2, 0.25) is 5.78 Å². The first-order valence-corrected chi connectivity index (χ1v) is 9.08. The summed E-state index contributed by atoms with van der Waals surface area (Å²) in [6.45, 7) is 3.71. The minimum Gasteiger partial charge on any atom is -0.383 e. The summed E-state index contributed by atoms with van der Waals surface area (Å²) >= 11 is 0.